The van der Waals surface area contributed by atoms with E-state index in [1.807, 2.05) is 0 Å². The van der Waals surface area contributed by atoms with Crippen molar-refractivity contribution in [2.75, 3.05) is 20.2 Å². The van der Waals surface area contributed by atoms with Gasteiger partial charge in [-0.2, -0.15) is 0 Å². The van der Waals surface area contributed by atoms with E-state index in [0.29, 0.717) is 42.8 Å². The molecule has 0 spiro atoms. The summed E-state index contributed by atoms with van der Waals surface area (Å²) in [5, 5.41) is 10.8. The van der Waals surface area contributed by atoms with Gasteiger partial charge in [0.2, 0.25) is 5.91 Å². The smallest absolute Gasteiger partial charge is 0.270 e. The van der Waals surface area contributed by atoms with E-state index in [4.69, 9.17) is 4.74 Å². The molecule has 7 heteroatoms. The number of methoxy groups -OCH3 is 1. The van der Waals surface area contributed by atoms with Crippen molar-refractivity contribution < 1.29 is 19.2 Å². The van der Waals surface area contributed by atoms with Crippen LogP contribution in [0, 0.1) is 16.0 Å². The predicted octanol–water partition coefficient (Wildman–Crippen LogP) is 3.74. The Bertz CT molecular complexity index is 928. The third-order valence-electron chi connectivity index (χ3n) is 5.05. The summed E-state index contributed by atoms with van der Waals surface area (Å²) < 4.78 is 5.11. The summed E-state index contributed by atoms with van der Waals surface area (Å²) >= 11 is 0. The minimum atomic E-state index is -0.468. The molecule has 0 unspecified atom stereocenters. The first-order chi connectivity index (χ1) is 14.0. The van der Waals surface area contributed by atoms with Crippen molar-refractivity contribution in [3.05, 3.63) is 75.8 Å². The molecule has 1 aliphatic rings. The van der Waals surface area contributed by atoms with E-state index in [1.165, 1.54) is 18.2 Å². The van der Waals surface area contributed by atoms with Crippen LogP contribution < -0.4 is 4.74 Å². The molecule has 1 saturated heterocycles. The number of piperidine rings is 1. The number of ketones is 1. The summed E-state index contributed by atoms with van der Waals surface area (Å²) in [6, 6.07) is 13.2. The number of non-ortho nitro benzene ring substituents is 1. The summed E-state index contributed by atoms with van der Waals surface area (Å²) in [6.45, 7) is 1.01. The molecule has 1 amide bonds. The summed E-state index contributed by atoms with van der Waals surface area (Å²) in [5.41, 5.74) is 1.23. The zero-order chi connectivity index (χ0) is 20.8. The maximum atomic E-state index is 12.7. The van der Waals surface area contributed by atoms with E-state index in [0.717, 1.165) is 0 Å². The molecule has 150 valence electrons. The second kappa shape index (κ2) is 9.14. The lowest BCUT2D eigenvalue weighted by molar-refractivity contribution is -0.384. The Balaban J connectivity index is 1.55. The average Bonchev–Trinajstić information content (AvgIpc) is 2.77. The van der Waals surface area contributed by atoms with E-state index in [1.54, 1.807) is 54.5 Å². The second-order valence-electron chi connectivity index (χ2n) is 6.88. The molecule has 0 aromatic heterocycles. The van der Waals surface area contributed by atoms with Crippen LogP contribution in [0.5, 0.6) is 5.75 Å². The Kier molecular flexibility index (Phi) is 6.39. The van der Waals surface area contributed by atoms with E-state index in [2.05, 4.69) is 0 Å². The Morgan fingerprint density at radius 1 is 1.14 bits per heavy atom. The minimum Gasteiger partial charge on any atom is -0.497 e. The van der Waals surface area contributed by atoms with Gasteiger partial charge in [-0.25, -0.2) is 0 Å². The fraction of sp³-hybridized carbons (Fsp3) is 0.273. The van der Waals surface area contributed by atoms with Gasteiger partial charge in [-0.15, -0.1) is 0 Å². The summed E-state index contributed by atoms with van der Waals surface area (Å²) in [7, 11) is 1.58. The maximum Gasteiger partial charge on any atom is 0.270 e. The molecule has 0 saturated carbocycles. The Labute approximate surface area is 168 Å². The number of ether oxygens (including phenoxy) is 1. The highest BCUT2D eigenvalue weighted by Gasteiger charge is 2.27. The zero-order valence-electron chi connectivity index (χ0n) is 16.1. The molecular weight excluding hydrogens is 372 g/mol. The van der Waals surface area contributed by atoms with Gasteiger partial charge in [-0.3, -0.25) is 19.7 Å². The van der Waals surface area contributed by atoms with Gasteiger partial charge in [-0.1, -0.05) is 12.1 Å². The largest absolute Gasteiger partial charge is 0.497 e. The van der Waals surface area contributed by atoms with E-state index < -0.39 is 4.92 Å². The van der Waals surface area contributed by atoms with Crippen LogP contribution in [0.1, 0.15) is 28.8 Å². The van der Waals surface area contributed by atoms with E-state index in [9.17, 15) is 19.7 Å². The molecule has 7 nitrogen and oxygen atoms in total. The first kappa shape index (κ1) is 20.3. The number of hydrogen-bond donors (Lipinski definition) is 0. The molecule has 0 N–H and O–H groups in total. The van der Waals surface area contributed by atoms with Crippen molar-refractivity contribution in [2.45, 2.75) is 12.8 Å². The topological polar surface area (TPSA) is 89.8 Å². The van der Waals surface area contributed by atoms with Gasteiger partial charge < -0.3 is 9.64 Å². The third-order valence-corrected chi connectivity index (χ3v) is 5.05. The van der Waals surface area contributed by atoms with E-state index >= 15 is 0 Å². The number of hydrogen-bond acceptors (Lipinski definition) is 5. The van der Waals surface area contributed by atoms with Crippen LogP contribution in [-0.2, 0) is 4.79 Å². The number of carbonyl (C=O) groups excluding carboxylic acids is 2. The summed E-state index contributed by atoms with van der Waals surface area (Å²) in [5.74, 6) is 0.532. The van der Waals surface area contributed by atoms with Gasteiger partial charge in [0, 0.05) is 42.8 Å². The molecule has 1 fully saturated rings. The van der Waals surface area contributed by atoms with Crippen LogP contribution in [-0.4, -0.2) is 41.7 Å². The van der Waals surface area contributed by atoms with Gasteiger partial charge in [0.05, 0.1) is 12.0 Å². The van der Waals surface area contributed by atoms with Crippen molar-refractivity contribution in [1.29, 1.82) is 0 Å². The van der Waals surface area contributed by atoms with Crippen molar-refractivity contribution in [1.82, 2.24) is 4.90 Å². The zero-order valence-corrected chi connectivity index (χ0v) is 16.1. The van der Waals surface area contributed by atoms with Crippen molar-refractivity contribution in [3.8, 4) is 5.75 Å². The molecule has 2 aromatic rings. The highest BCUT2D eigenvalue weighted by Crippen LogP contribution is 2.23. The van der Waals surface area contributed by atoms with Gasteiger partial charge in [0.15, 0.2) is 5.78 Å². The highest BCUT2D eigenvalue weighted by atomic mass is 16.6. The summed E-state index contributed by atoms with van der Waals surface area (Å²) in [6.07, 6.45) is 4.22. The number of benzene rings is 2. The van der Waals surface area contributed by atoms with Gasteiger partial charge in [0.25, 0.3) is 5.69 Å². The Hall–Kier alpha value is -3.48. The third kappa shape index (κ3) is 5.07. The molecule has 1 aliphatic heterocycles. The number of carbonyl (C=O) groups is 2. The normalized spacial score (nSPS) is 14.7. The van der Waals surface area contributed by atoms with Crippen LogP contribution >= 0.6 is 0 Å². The lowest BCUT2D eigenvalue weighted by Crippen LogP contribution is -2.39. The number of amides is 1. The molecule has 3 rings (SSSR count). The molecule has 29 heavy (non-hydrogen) atoms. The fourth-order valence-corrected chi connectivity index (χ4v) is 3.37. The van der Waals surface area contributed by atoms with Crippen LogP contribution in [0.3, 0.4) is 0 Å². The minimum absolute atomic E-state index is 0.0162. The van der Waals surface area contributed by atoms with Gasteiger partial charge in [0.1, 0.15) is 5.75 Å². The van der Waals surface area contributed by atoms with Crippen molar-refractivity contribution in [3.63, 3.8) is 0 Å². The standard InChI is InChI=1S/C22H22N2O5/c1-29-20-8-6-17(7-9-20)22(26)18-11-13-23(14-12-18)21(25)10-5-16-3-2-4-19(15-16)24(27)28/h2-10,15,18H,11-14H2,1H3. The number of nitro groups is 1. The van der Waals surface area contributed by atoms with Crippen LogP contribution in [0.4, 0.5) is 5.69 Å². The van der Waals surface area contributed by atoms with Gasteiger partial charge in [-0.05, 0) is 48.7 Å². The number of nitrogens with zero attached hydrogens (tertiary/aromatic N) is 2. The number of rotatable bonds is 6. The molecule has 0 atom stereocenters. The SMILES string of the molecule is COc1ccc(C(=O)C2CCN(C(=O)C=Cc3cccc([N+](=O)[O-])c3)CC2)cc1. The Morgan fingerprint density at radius 2 is 1.83 bits per heavy atom. The number of Topliss-reactive ketones (excluding diaryl/α,β-unsaturated/α-hetero) is 1. The van der Waals surface area contributed by atoms with Crippen LogP contribution in [0.25, 0.3) is 6.08 Å². The molecule has 0 aliphatic carbocycles. The molecule has 0 bridgehead atoms. The van der Waals surface area contributed by atoms with Crippen molar-refractivity contribution >= 4 is 23.5 Å². The maximum absolute atomic E-state index is 12.7. The number of likely N-dealkylation sites (tertiary alicyclic amines) is 1. The highest BCUT2D eigenvalue weighted by molar-refractivity contribution is 5.98. The van der Waals surface area contributed by atoms with Gasteiger partial charge >= 0.3 is 0 Å². The number of nitro benzene ring substituents is 1. The lowest BCUT2D eigenvalue weighted by atomic mass is 9.89. The Morgan fingerprint density at radius 3 is 2.45 bits per heavy atom. The summed E-state index contributed by atoms with van der Waals surface area (Å²) in [4.78, 5) is 37.1. The predicted molar refractivity (Wildman–Crippen MR) is 109 cm³/mol. The molecule has 1 heterocycles. The average molecular weight is 394 g/mol. The van der Waals surface area contributed by atoms with Crippen molar-refractivity contribution in [2.24, 2.45) is 5.92 Å². The molecule has 2 aromatic carbocycles. The first-order valence-electron chi connectivity index (χ1n) is 9.37. The van der Waals surface area contributed by atoms with Crippen LogP contribution in [0.15, 0.2) is 54.6 Å². The molecule has 0 radical (unpaired) electrons. The quantitative estimate of drug-likeness (QED) is 0.322. The molecular formula is C22H22N2O5. The van der Waals surface area contributed by atoms with Crippen LogP contribution in [0.2, 0.25) is 0 Å². The first-order valence-corrected chi connectivity index (χ1v) is 9.37. The lowest BCUT2D eigenvalue weighted by Gasteiger charge is -2.30. The second-order valence-corrected chi connectivity index (χ2v) is 6.88. The van der Waals surface area contributed by atoms with E-state index in [-0.39, 0.29) is 23.3 Å². The fourth-order valence-electron chi connectivity index (χ4n) is 3.37. The monoisotopic (exact) mass is 394 g/mol.